The molecule has 1 aliphatic heterocycles. The van der Waals surface area contributed by atoms with Gasteiger partial charge in [-0.1, -0.05) is 6.07 Å². The maximum atomic E-state index is 13.5. The second-order valence-corrected chi connectivity index (χ2v) is 9.18. The van der Waals surface area contributed by atoms with Crippen LogP contribution >= 0.6 is 0 Å². The maximum Gasteiger partial charge on any atom is 0.416 e. The fourth-order valence-electron chi connectivity index (χ4n) is 4.55. The quantitative estimate of drug-likeness (QED) is 0.424. The van der Waals surface area contributed by atoms with Crippen molar-refractivity contribution in [3.63, 3.8) is 0 Å². The van der Waals surface area contributed by atoms with Crippen molar-refractivity contribution in [2.45, 2.75) is 25.7 Å². The van der Waals surface area contributed by atoms with E-state index in [1.165, 1.54) is 0 Å². The Morgan fingerprint density at radius 2 is 1.97 bits per heavy atom. The lowest BCUT2D eigenvalue weighted by Crippen LogP contribution is -2.21. The molecule has 1 N–H and O–H groups in total. The van der Waals surface area contributed by atoms with Crippen LogP contribution in [0.5, 0.6) is 0 Å². The lowest BCUT2D eigenvalue weighted by atomic mass is 10.1. The molecule has 4 aromatic rings. The average molecular weight is 495 g/mol. The molecule has 2 aromatic carbocycles. The Bertz CT molecular complexity index is 1430. The number of aromatic nitrogens is 3. The number of nitrogens with one attached hydrogen (secondary N) is 1. The van der Waals surface area contributed by atoms with E-state index in [-0.39, 0.29) is 5.69 Å². The molecule has 3 heterocycles. The van der Waals surface area contributed by atoms with E-state index in [0.717, 1.165) is 47.7 Å². The minimum absolute atomic E-state index is 0.114. The summed E-state index contributed by atoms with van der Waals surface area (Å²) in [5.74, 6) is -0.458. The number of carbonyl (C=O) groups is 1. The molecule has 2 aromatic heterocycles. The van der Waals surface area contributed by atoms with Crippen LogP contribution in [0.4, 0.5) is 24.5 Å². The number of hydrogen-bond donors (Lipinski definition) is 1. The average Bonchev–Trinajstić information content (AvgIpc) is 3.42. The monoisotopic (exact) mass is 494 g/mol. The molecule has 36 heavy (non-hydrogen) atoms. The number of hydrogen-bond acceptors (Lipinski definition) is 5. The molecule has 0 atom stereocenters. The Morgan fingerprint density at radius 1 is 1.14 bits per heavy atom. The SMILES string of the molecule is CN(C)Cc1cc(NC(=O)c2ccc3c(c2)N(Cc2cnc4cnccn24)CC3)cc(C(F)(F)F)c1. The molecule has 7 nitrogen and oxygen atoms in total. The van der Waals surface area contributed by atoms with Gasteiger partial charge in [0.2, 0.25) is 0 Å². The van der Waals surface area contributed by atoms with Crippen LogP contribution in [0.25, 0.3) is 5.65 Å². The van der Waals surface area contributed by atoms with E-state index in [2.05, 4.69) is 20.2 Å². The summed E-state index contributed by atoms with van der Waals surface area (Å²) in [7, 11) is 3.55. The third-order valence-electron chi connectivity index (χ3n) is 6.16. The minimum atomic E-state index is -4.51. The molecule has 5 rings (SSSR count). The van der Waals surface area contributed by atoms with Gasteiger partial charge in [-0.15, -0.1) is 0 Å². The van der Waals surface area contributed by atoms with Crippen molar-refractivity contribution in [2.75, 3.05) is 30.9 Å². The highest BCUT2D eigenvalue weighted by Crippen LogP contribution is 2.33. The number of nitrogens with zero attached hydrogens (tertiary/aromatic N) is 5. The molecule has 0 unspecified atom stereocenters. The Labute approximate surface area is 206 Å². The van der Waals surface area contributed by atoms with Crippen molar-refractivity contribution in [1.82, 2.24) is 19.3 Å². The normalized spacial score (nSPS) is 13.4. The van der Waals surface area contributed by atoms with Crippen LogP contribution < -0.4 is 10.2 Å². The third-order valence-corrected chi connectivity index (χ3v) is 6.16. The zero-order chi connectivity index (χ0) is 25.4. The second kappa shape index (κ2) is 9.27. The number of benzene rings is 2. The summed E-state index contributed by atoms with van der Waals surface area (Å²) in [6.45, 7) is 1.71. The van der Waals surface area contributed by atoms with E-state index in [1.807, 2.05) is 22.9 Å². The van der Waals surface area contributed by atoms with E-state index in [4.69, 9.17) is 0 Å². The Balaban J connectivity index is 1.38. The number of anilines is 2. The van der Waals surface area contributed by atoms with Crippen LogP contribution in [-0.4, -0.2) is 45.8 Å². The molecule has 10 heteroatoms. The van der Waals surface area contributed by atoms with Crippen LogP contribution in [0.2, 0.25) is 0 Å². The number of halogens is 3. The van der Waals surface area contributed by atoms with Gasteiger partial charge in [-0.2, -0.15) is 13.2 Å². The highest BCUT2D eigenvalue weighted by atomic mass is 19.4. The van der Waals surface area contributed by atoms with Gasteiger partial charge >= 0.3 is 6.18 Å². The van der Waals surface area contributed by atoms with Crippen LogP contribution in [0, 0.1) is 0 Å². The molecular weight excluding hydrogens is 469 g/mol. The Morgan fingerprint density at radius 3 is 2.75 bits per heavy atom. The summed E-state index contributed by atoms with van der Waals surface area (Å²) >= 11 is 0. The Hall–Kier alpha value is -3.92. The molecule has 0 saturated carbocycles. The molecule has 1 amide bonds. The summed E-state index contributed by atoms with van der Waals surface area (Å²) in [4.78, 5) is 25.5. The fraction of sp³-hybridized carbons (Fsp3) is 0.269. The molecule has 0 saturated heterocycles. The van der Waals surface area contributed by atoms with Gasteiger partial charge in [0.05, 0.1) is 30.2 Å². The van der Waals surface area contributed by atoms with E-state index in [1.54, 1.807) is 49.6 Å². The van der Waals surface area contributed by atoms with Crippen molar-refractivity contribution in [2.24, 2.45) is 0 Å². The fourth-order valence-corrected chi connectivity index (χ4v) is 4.55. The molecule has 186 valence electrons. The zero-order valence-electron chi connectivity index (χ0n) is 19.9. The number of imidazole rings is 1. The topological polar surface area (TPSA) is 65.8 Å². The smallest absolute Gasteiger partial charge is 0.365 e. The van der Waals surface area contributed by atoms with Crippen molar-refractivity contribution in [3.05, 3.63) is 89.1 Å². The van der Waals surface area contributed by atoms with E-state index < -0.39 is 17.6 Å². The van der Waals surface area contributed by atoms with Crippen LogP contribution in [-0.2, 0) is 25.7 Å². The second-order valence-electron chi connectivity index (χ2n) is 9.18. The molecule has 0 aliphatic carbocycles. The van der Waals surface area contributed by atoms with Gasteiger partial charge in [0.25, 0.3) is 5.91 Å². The largest absolute Gasteiger partial charge is 0.416 e. The standard InChI is InChI=1S/C26H25F3N6O/c1-33(2)15-17-9-20(26(27,28)29)12-21(10-17)32-25(36)19-4-3-18-5-7-34(23(18)11-19)16-22-13-31-24-14-30-6-8-35(22)24/h3-4,6,8-14H,5,7,15-16H2,1-2H3,(H,32,36). The van der Waals surface area contributed by atoms with Gasteiger partial charge < -0.3 is 15.1 Å². The van der Waals surface area contributed by atoms with Gasteiger partial charge in [-0.3, -0.25) is 14.2 Å². The Kier molecular flexibility index (Phi) is 6.13. The summed E-state index contributed by atoms with van der Waals surface area (Å²) in [6, 6.07) is 9.08. The first-order chi connectivity index (χ1) is 17.2. The van der Waals surface area contributed by atoms with Crippen LogP contribution in [0.15, 0.2) is 61.2 Å². The number of carbonyl (C=O) groups excluding carboxylic acids is 1. The number of amides is 1. The number of fused-ring (bicyclic) bond motifs is 2. The number of rotatable bonds is 6. The first-order valence-electron chi connectivity index (χ1n) is 11.5. The van der Waals surface area contributed by atoms with E-state index in [0.29, 0.717) is 24.2 Å². The molecule has 1 aliphatic rings. The van der Waals surface area contributed by atoms with Gasteiger partial charge in [0.15, 0.2) is 5.65 Å². The van der Waals surface area contributed by atoms with Crippen molar-refractivity contribution >= 4 is 22.9 Å². The molecule has 0 spiro atoms. The highest BCUT2D eigenvalue weighted by molar-refractivity contribution is 6.05. The summed E-state index contributed by atoms with van der Waals surface area (Å²) in [5.41, 5.74) is 3.98. The predicted octanol–water partition coefficient (Wildman–Crippen LogP) is 4.62. The lowest BCUT2D eigenvalue weighted by molar-refractivity contribution is -0.137. The van der Waals surface area contributed by atoms with Gasteiger partial charge in [0, 0.05) is 42.4 Å². The number of alkyl halides is 3. The molecule has 0 radical (unpaired) electrons. The first-order valence-corrected chi connectivity index (χ1v) is 11.5. The highest BCUT2D eigenvalue weighted by Gasteiger charge is 2.31. The van der Waals surface area contributed by atoms with Crippen molar-refractivity contribution < 1.29 is 18.0 Å². The van der Waals surface area contributed by atoms with E-state index in [9.17, 15) is 18.0 Å². The predicted molar refractivity (Wildman–Crippen MR) is 131 cm³/mol. The van der Waals surface area contributed by atoms with Gasteiger partial charge in [0.1, 0.15) is 0 Å². The maximum absolute atomic E-state index is 13.5. The zero-order valence-corrected chi connectivity index (χ0v) is 19.9. The molecular formula is C26H25F3N6O. The van der Waals surface area contributed by atoms with Crippen LogP contribution in [0.1, 0.15) is 32.7 Å². The van der Waals surface area contributed by atoms with Crippen molar-refractivity contribution in [3.8, 4) is 0 Å². The van der Waals surface area contributed by atoms with Crippen LogP contribution in [0.3, 0.4) is 0 Å². The molecule has 0 fully saturated rings. The summed E-state index contributed by atoms with van der Waals surface area (Å²) < 4.78 is 42.3. The third kappa shape index (κ3) is 4.90. The minimum Gasteiger partial charge on any atom is -0.365 e. The lowest BCUT2D eigenvalue weighted by Gasteiger charge is -2.20. The van der Waals surface area contributed by atoms with Gasteiger partial charge in [-0.05, 0) is 62.0 Å². The molecule has 0 bridgehead atoms. The first kappa shape index (κ1) is 23.8. The summed E-state index contributed by atoms with van der Waals surface area (Å²) in [6.07, 6.45) is 3.40. The summed E-state index contributed by atoms with van der Waals surface area (Å²) in [5, 5.41) is 2.66. The van der Waals surface area contributed by atoms with Crippen molar-refractivity contribution in [1.29, 1.82) is 0 Å². The van der Waals surface area contributed by atoms with Gasteiger partial charge in [-0.25, -0.2) is 4.98 Å². The van der Waals surface area contributed by atoms with E-state index >= 15 is 0 Å².